The zero-order valence-electron chi connectivity index (χ0n) is 21.7. The first-order chi connectivity index (χ1) is 16.9. The Kier molecular flexibility index (Phi) is 8.79. The number of anilines is 2. The van der Waals surface area contributed by atoms with Crippen LogP contribution in [0.2, 0.25) is 0 Å². The molecule has 2 aromatic rings. The molecule has 0 bridgehead atoms. The Hall–Kier alpha value is -3.33. The van der Waals surface area contributed by atoms with Gasteiger partial charge in [-0.2, -0.15) is 4.99 Å². The second-order valence-electron chi connectivity index (χ2n) is 9.93. The number of ether oxygens (including phenoxy) is 1. The molecule has 2 N–H and O–H groups in total. The van der Waals surface area contributed by atoms with Crippen molar-refractivity contribution in [3.05, 3.63) is 59.2 Å². The molecule has 192 valence electrons. The average Bonchev–Trinajstić information content (AvgIpc) is 3.13. The third kappa shape index (κ3) is 7.58. The largest absolute Gasteiger partial charge is 0.444 e. The van der Waals surface area contributed by atoms with Crippen molar-refractivity contribution in [1.29, 1.82) is 0 Å². The maximum atomic E-state index is 12.7. The van der Waals surface area contributed by atoms with Gasteiger partial charge in [0.05, 0.1) is 11.4 Å². The predicted molar refractivity (Wildman–Crippen MR) is 146 cm³/mol. The molecule has 36 heavy (non-hydrogen) atoms. The van der Waals surface area contributed by atoms with Gasteiger partial charge in [-0.3, -0.25) is 9.69 Å². The van der Waals surface area contributed by atoms with Gasteiger partial charge in [0.25, 0.3) is 0 Å². The Morgan fingerprint density at radius 3 is 2.47 bits per heavy atom. The molecule has 1 aliphatic rings. The lowest BCUT2D eigenvalue weighted by molar-refractivity contribution is -0.115. The highest BCUT2D eigenvalue weighted by atomic mass is 32.2. The summed E-state index contributed by atoms with van der Waals surface area (Å²) in [7, 11) is 0. The Labute approximate surface area is 216 Å². The lowest BCUT2D eigenvalue weighted by Crippen LogP contribution is -2.33. The van der Waals surface area contributed by atoms with E-state index >= 15 is 0 Å². The lowest BCUT2D eigenvalue weighted by Gasteiger charge is -2.22. The molecule has 0 atom stereocenters. The van der Waals surface area contributed by atoms with Crippen molar-refractivity contribution < 1.29 is 19.1 Å². The standard InChI is InChI=1S/C27H34N4O4S/c1-17(2)21-12-7-18(3)15-22(21)31-23(32)16-36-25(31)30-24(33)29-20-10-8-19(9-11-20)13-14-28-26(34)35-27(4,5)6/h7-12,15,17H,13-14,16H2,1-6H3,(H,28,34)(H,29,33). The summed E-state index contributed by atoms with van der Waals surface area (Å²) in [5.74, 6) is 0.360. The van der Waals surface area contributed by atoms with Crippen molar-refractivity contribution in [3.63, 3.8) is 0 Å². The summed E-state index contributed by atoms with van der Waals surface area (Å²) < 4.78 is 5.22. The number of carbonyl (C=O) groups excluding carboxylic acids is 3. The number of aryl methyl sites for hydroxylation is 1. The average molecular weight is 511 g/mol. The van der Waals surface area contributed by atoms with Crippen LogP contribution in [0.25, 0.3) is 0 Å². The van der Waals surface area contributed by atoms with Crippen molar-refractivity contribution >= 4 is 46.3 Å². The zero-order valence-corrected chi connectivity index (χ0v) is 22.5. The molecule has 3 rings (SSSR count). The Balaban J connectivity index is 1.63. The number of amides is 4. The van der Waals surface area contributed by atoms with Crippen LogP contribution in [0.5, 0.6) is 0 Å². The van der Waals surface area contributed by atoms with Crippen molar-refractivity contribution in [1.82, 2.24) is 5.32 Å². The highest BCUT2D eigenvalue weighted by molar-refractivity contribution is 8.15. The van der Waals surface area contributed by atoms with E-state index in [0.717, 1.165) is 22.4 Å². The molecule has 1 aliphatic heterocycles. The molecule has 4 amide bonds. The fraction of sp³-hybridized carbons (Fsp3) is 0.407. The van der Waals surface area contributed by atoms with E-state index in [2.05, 4.69) is 29.5 Å². The van der Waals surface area contributed by atoms with Crippen LogP contribution >= 0.6 is 11.8 Å². The van der Waals surface area contributed by atoms with Crippen LogP contribution < -0.4 is 15.5 Å². The van der Waals surface area contributed by atoms with Gasteiger partial charge in [0.1, 0.15) is 5.60 Å². The third-order valence-corrected chi connectivity index (χ3v) is 6.22. The highest BCUT2D eigenvalue weighted by Crippen LogP contribution is 2.34. The minimum absolute atomic E-state index is 0.0941. The van der Waals surface area contributed by atoms with Gasteiger partial charge in [-0.15, -0.1) is 0 Å². The second-order valence-corrected chi connectivity index (χ2v) is 10.9. The van der Waals surface area contributed by atoms with Gasteiger partial charge in [-0.25, -0.2) is 9.59 Å². The summed E-state index contributed by atoms with van der Waals surface area (Å²) in [6.45, 7) is 12.0. The predicted octanol–water partition coefficient (Wildman–Crippen LogP) is 5.85. The number of rotatable bonds is 6. The van der Waals surface area contributed by atoms with E-state index < -0.39 is 17.7 Å². The number of thioether (sulfide) groups is 1. The van der Waals surface area contributed by atoms with Crippen LogP contribution in [0.15, 0.2) is 47.5 Å². The summed E-state index contributed by atoms with van der Waals surface area (Å²) >= 11 is 1.26. The third-order valence-electron chi connectivity index (χ3n) is 5.30. The first-order valence-electron chi connectivity index (χ1n) is 11.9. The molecule has 0 saturated carbocycles. The molecule has 1 heterocycles. The number of nitrogens with zero attached hydrogens (tertiary/aromatic N) is 2. The minimum Gasteiger partial charge on any atom is -0.444 e. The molecule has 2 aromatic carbocycles. The van der Waals surface area contributed by atoms with Crippen LogP contribution in [0.1, 0.15) is 57.2 Å². The number of aliphatic imine (C=N–C) groups is 1. The number of urea groups is 1. The summed E-state index contributed by atoms with van der Waals surface area (Å²) in [6, 6.07) is 12.8. The maximum absolute atomic E-state index is 12.7. The minimum atomic E-state index is -0.546. The van der Waals surface area contributed by atoms with Crippen molar-refractivity contribution in [2.75, 3.05) is 22.5 Å². The van der Waals surface area contributed by atoms with E-state index in [1.807, 2.05) is 58.0 Å². The topological polar surface area (TPSA) is 100 Å². The monoisotopic (exact) mass is 510 g/mol. The first kappa shape index (κ1) is 27.3. The van der Waals surface area contributed by atoms with Gasteiger partial charge in [-0.05, 0) is 74.9 Å². The number of hydrogen-bond acceptors (Lipinski definition) is 5. The molecule has 1 saturated heterocycles. The molecular weight excluding hydrogens is 476 g/mol. The summed E-state index contributed by atoms with van der Waals surface area (Å²) in [5, 5.41) is 5.86. The molecule has 0 aromatic heterocycles. The summed E-state index contributed by atoms with van der Waals surface area (Å²) in [5.41, 5.74) is 3.89. The van der Waals surface area contributed by atoms with Crippen LogP contribution in [0.3, 0.4) is 0 Å². The van der Waals surface area contributed by atoms with Gasteiger partial charge in [0.2, 0.25) is 5.91 Å². The summed E-state index contributed by atoms with van der Waals surface area (Å²) in [4.78, 5) is 42.9. The van der Waals surface area contributed by atoms with E-state index in [9.17, 15) is 14.4 Å². The molecule has 0 radical (unpaired) electrons. The van der Waals surface area contributed by atoms with Crippen LogP contribution in [-0.4, -0.2) is 41.1 Å². The molecule has 9 heteroatoms. The van der Waals surface area contributed by atoms with Gasteiger partial charge >= 0.3 is 12.1 Å². The Morgan fingerprint density at radius 2 is 1.83 bits per heavy atom. The van der Waals surface area contributed by atoms with Crippen molar-refractivity contribution in [3.8, 4) is 0 Å². The summed E-state index contributed by atoms with van der Waals surface area (Å²) in [6.07, 6.45) is 0.173. The zero-order chi connectivity index (χ0) is 26.5. The SMILES string of the molecule is Cc1ccc(C(C)C)c(N2C(=O)CSC2=NC(=O)Nc2ccc(CCNC(=O)OC(C)(C)C)cc2)c1. The Bertz CT molecular complexity index is 1150. The van der Waals surface area contributed by atoms with Crippen LogP contribution in [0.4, 0.5) is 21.0 Å². The normalized spacial score (nSPS) is 14.9. The number of nitrogens with one attached hydrogen (secondary N) is 2. The lowest BCUT2D eigenvalue weighted by atomic mass is 9.99. The van der Waals surface area contributed by atoms with Crippen molar-refractivity contribution in [2.24, 2.45) is 4.99 Å². The van der Waals surface area contributed by atoms with E-state index in [1.165, 1.54) is 11.8 Å². The number of benzene rings is 2. The van der Waals surface area contributed by atoms with Gasteiger partial charge < -0.3 is 15.4 Å². The quantitative estimate of drug-likeness (QED) is 0.507. The van der Waals surface area contributed by atoms with E-state index in [1.54, 1.807) is 17.0 Å². The molecule has 8 nitrogen and oxygen atoms in total. The fourth-order valence-electron chi connectivity index (χ4n) is 3.63. The first-order valence-corrected chi connectivity index (χ1v) is 12.9. The van der Waals surface area contributed by atoms with E-state index in [-0.39, 0.29) is 17.6 Å². The number of amidine groups is 1. The van der Waals surface area contributed by atoms with Gasteiger partial charge in [0.15, 0.2) is 5.17 Å². The second kappa shape index (κ2) is 11.6. The number of hydrogen-bond donors (Lipinski definition) is 2. The van der Waals surface area contributed by atoms with E-state index in [0.29, 0.717) is 23.8 Å². The molecular formula is C27H34N4O4S. The maximum Gasteiger partial charge on any atom is 0.407 e. The Morgan fingerprint density at radius 1 is 1.14 bits per heavy atom. The van der Waals surface area contributed by atoms with E-state index in [4.69, 9.17) is 4.74 Å². The highest BCUT2D eigenvalue weighted by Gasteiger charge is 2.32. The molecule has 0 spiro atoms. The van der Waals surface area contributed by atoms with Crippen molar-refractivity contribution in [2.45, 2.75) is 59.5 Å². The van der Waals surface area contributed by atoms with Gasteiger partial charge in [0, 0.05) is 12.2 Å². The molecule has 0 aliphatic carbocycles. The smallest absolute Gasteiger partial charge is 0.407 e. The van der Waals surface area contributed by atoms with Crippen LogP contribution in [-0.2, 0) is 16.0 Å². The fourth-order valence-corrected chi connectivity index (χ4v) is 4.49. The van der Waals surface area contributed by atoms with Gasteiger partial charge in [-0.1, -0.05) is 49.9 Å². The number of carbonyl (C=O) groups is 3. The molecule has 1 fully saturated rings. The number of alkyl carbamates (subject to hydrolysis) is 1. The molecule has 0 unspecified atom stereocenters. The van der Waals surface area contributed by atoms with Crippen LogP contribution in [0, 0.1) is 6.92 Å².